The van der Waals surface area contributed by atoms with Crippen LogP contribution in [0.5, 0.6) is 5.75 Å². The van der Waals surface area contributed by atoms with Crippen molar-refractivity contribution in [2.45, 2.75) is 36.7 Å². The molecular weight excluding hydrogens is 444 g/mol. The van der Waals surface area contributed by atoms with Gasteiger partial charge in [0.15, 0.2) is 0 Å². The minimum atomic E-state index is -3.80. The molecule has 0 N–H and O–H groups in total. The predicted octanol–water partition coefficient (Wildman–Crippen LogP) is 4.31. The molecule has 0 saturated heterocycles. The van der Waals surface area contributed by atoms with E-state index in [9.17, 15) is 13.2 Å². The Bertz CT molecular complexity index is 1250. The Balaban J connectivity index is 1.51. The normalized spacial score (nSPS) is 15.5. The van der Waals surface area contributed by atoms with E-state index in [1.165, 1.54) is 23.5 Å². The van der Waals surface area contributed by atoms with Gasteiger partial charge >= 0.3 is 0 Å². The number of fused-ring (bicyclic) bond motifs is 1. The zero-order valence-corrected chi connectivity index (χ0v) is 19.4. The van der Waals surface area contributed by atoms with E-state index in [1.807, 2.05) is 46.7 Å². The third-order valence-corrected chi connectivity index (χ3v) is 8.66. The molecule has 0 atom stereocenters. The highest BCUT2D eigenvalue weighted by molar-refractivity contribution is 7.92. The number of thiophene rings is 1. The summed E-state index contributed by atoms with van der Waals surface area (Å²) in [5, 5.41) is 1.99. The number of para-hydroxylation sites is 1. The molecular formula is C24H24N2O4S2. The summed E-state index contributed by atoms with van der Waals surface area (Å²) >= 11 is 1.61. The molecule has 3 aromatic rings. The lowest BCUT2D eigenvalue weighted by Gasteiger charge is -2.24. The van der Waals surface area contributed by atoms with Gasteiger partial charge in [-0.3, -0.25) is 9.10 Å². The summed E-state index contributed by atoms with van der Waals surface area (Å²) in [5.74, 6) is 0.184. The number of hydrogen-bond acceptors (Lipinski definition) is 5. The lowest BCUT2D eigenvalue weighted by atomic mass is 10.1. The highest BCUT2D eigenvalue weighted by Crippen LogP contribution is 2.36. The third-order valence-electron chi connectivity index (χ3n) is 5.99. The number of hydrogen-bond donors (Lipinski definition) is 0. The summed E-state index contributed by atoms with van der Waals surface area (Å²) in [5.41, 5.74) is 2.00. The van der Waals surface area contributed by atoms with Gasteiger partial charge in [-0.25, -0.2) is 8.42 Å². The van der Waals surface area contributed by atoms with E-state index in [-0.39, 0.29) is 22.4 Å². The second-order valence-electron chi connectivity index (χ2n) is 8.06. The molecule has 0 radical (unpaired) electrons. The van der Waals surface area contributed by atoms with Gasteiger partial charge in [0.25, 0.3) is 15.9 Å². The number of methoxy groups -OCH3 is 1. The van der Waals surface area contributed by atoms with Crippen molar-refractivity contribution in [2.24, 2.45) is 0 Å². The van der Waals surface area contributed by atoms with Crippen molar-refractivity contribution in [2.75, 3.05) is 18.0 Å². The monoisotopic (exact) mass is 468 g/mol. The van der Waals surface area contributed by atoms with Gasteiger partial charge < -0.3 is 9.64 Å². The van der Waals surface area contributed by atoms with Crippen LogP contribution in [0.25, 0.3) is 0 Å². The predicted molar refractivity (Wildman–Crippen MR) is 125 cm³/mol. The average Bonchev–Trinajstić information content (AvgIpc) is 3.33. The second kappa shape index (κ2) is 8.26. The van der Waals surface area contributed by atoms with Gasteiger partial charge in [-0.05, 0) is 60.5 Å². The number of sulfonamides is 1. The molecule has 1 aromatic heterocycles. The summed E-state index contributed by atoms with van der Waals surface area (Å²) < 4.78 is 33.9. The topological polar surface area (TPSA) is 66.9 Å². The van der Waals surface area contributed by atoms with Gasteiger partial charge in [0.2, 0.25) is 0 Å². The molecule has 1 aliphatic carbocycles. The summed E-state index contributed by atoms with van der Waals surface area (Å²) in [4.78, 5) is 16.6. The minimum Gasteiger partial charge on any atom is -0.496 e. The van der Waals surface area contributed by atoms with Crippen LogP contribution in [-0.2, 0) is 23.0 Å². The zero-order chi connectivity index (χ0) is 22.3. The molecule has 1 amide bonds. The summed E-state index contributed by atoms with van der Waals surface area (Å²) in [7, 11) is -2.31. The van der Waals surface area contributed by atoms with Crippen LogP contribution in [0.2, 0.25) is 0 Å². The maximum absolute atomic E-state index is 13.6. The van der Waals surface area contributed by atoms with Crippen molar-refractivity contribution < 1.29 is 17.9 Å². The van der Waals surface area contributed by atoms with E-state index in [1.54, 1.807) is 17.4 Å². The molecule has 1 saturated carbocycles. The fraction of sp³-hybridized carbons (Fsp3) is 0.292. The standard InChI is InChI=1S/C24H24N2O4S2/c1-30-23-11-10-20(32(28,29)26-13-12-17-5-2-3-7-22(17)26)15-21(23)24(27)25(18-8-9-18)16-19-6-4-14-31-19/h2-7,10-11,14-15,18H,8-9,12-13,16H2,1H3. The molecule has 166 valence electrons. The first-order valence-corrected chi connectivity index (χ1v) is 12.9. The molecule has 32 heavy (non-hydrogen) atoms. The maximum atomic E-state index is 13.6. The van der Waals surface area contributed by atoms with Crippen molar-refractivity contribution in [1.82, 2.24) is 4.90 Å². The van der Waals surface area contributed by atoms with Crippen molar-refractivity contribution in [3.63, 3.8) is 0 Å². The van der Waals surface area contributed by atoms with Crippen LogP contribution >= 0.6 is 11.3 Å². The first kappa shape index (κ1) is 21.0. The van der Waals surface area contributed by atoms with Crippen molar-refractivity contribution in [1.29, 1.82) is 0 Å². The van der Waals surface area contributed by atoms with Crippen LogP contribution in [0.15, 0.2) is 64.9 Å². The summed E-state index contributed by atoms with van der Waals surface area (Å²) in [6.45, 7) is 0.907. The van der Waals surface area contributed by atoms with Gasteiger partial charge in [0.05, 0.1) is 29.8 Å². The third kappa shape index (κ3) is 3.78. The quantitative estimate of drug-likeness (QED) is 0.518. The average molecular weight is 469 g/mol. The van der Waals surface area contributed by atoms with Gasteiger partial charge in [0, 0.05) is 17.5 Å². The molecule has 5 rings (SSSR count). The molecule has 0 spiro atoms. The Morgan fingerprint density at radius 3 is 2.69 bits per heavy atom. The van der Waals surface area contributed by atoms with E-state index >= 15 is 0 Å². The number of benzene rings is 2. The molecule has 0 bridgehead atoms. The Morgan fingerprint density at radius 2 is 1.97 bits per heavy atom. The lowest BCUT2D eigenvalue weighted by Crippen LogP contribution is -2.33. The Morgan fingerprint density at radius 1 is 1.16 bits per heavy atom. The van der Waals surface area contributed by atoms with E-state index < -0.39 is 10.0 Å². The number of nitrogens with zero attached hydrogens (tertiary/aromatic N) is 2. The number of anilines is 1. The van der Waals surface area contributed by atoms with E-state index in [2.05, 4.69) is 0 Å². The number of amides is 1. The summed E-state index contributed by atoms with van der Waals surface area (Å²) in [6.07, 6.45) is 2.59. The Hall–Kier alpha value is -2.84. The van der Waals surface area contributed by atoms with Gasteiger partial charge in [-0.15, -0.1) is 11.3 Å². The number of rotatable bonds is 7. The number of carbonyl (C=O) groups excluding carboxylic acids is 1. The van der Waals surface area contributed by atoms with E-state index in [0.29, 0.717) is 30.9 Å². The van der Waals surface area contributed by atoms with Crippen LogP contribution in [0.1, 0.15) is 33.6 Å². The lowest BCUT2D eigenvalue weighted by molar-refractivity contribution is 0.0728. The molecule has 1 aliphatic heterocycles. The minimum absolute atomic E-state index is 0.102. The molecule has 8 heteroatoms. The molecule has 1 fully saturated rings. The Kier molecular flexibility index (Phi) is 5.43. The number of carbonyl (C=O) groups is 1. The first-order chi connectivity index (χ1) is 15.5. The second-order valence-corrected chi connectivity index (χ2v) is 11.0. The molecule has 0 unspecified atom stereocenters. The van der Waals surface area contributed by atoms with Gasteiger partial charge in [0.1, 0.15) is 5.75 Å². The molecule has 2 heterocycles. The van der Waals surface area contributed by atoms with Crippen LogP contribution < -0.4 is 9.04 Å². The van der Waals surface area contributed by atoms with Gasteiger partial charge in [-0.1, -0.05) is 24.3 Å². The maximum Gasteiger partial charge on any atom is 0.264 e. The largest absolute Gasteiger partial charge is 0.496 e. The van der Waals surface area contributed by atoms with E-state index in [0.717, 1.165) is 23.3 Å². The highest BCUT2D eigenvalue weighted by atomic mass is 32.2. The summed E-state index contributed by atoms with van der Waals surface area (Å²) in [6, 6.07) is 16.3. The van der Waals surface area contributed by atoms with Crippen molar-refractivity contribution in [3.05, 3.63) is 76.0 Å². The van der Waals surface area contributed by atoms with E-state index in [4.69, 9.17) is 4.74 Å². The van der Waals surface area contributed by atoms with Crippen LogP contribution in [0.3, 0.4) is 0 Å². The van der Waals surface area contributed by atoms with Crippen molar-refractivity contribution in [3.8, 4) is 5.75 Å². The fourth-order valence-electron chi connectivity index (χ4n) is 4.18. The number of ether oxygens (including phenoxy) is 1. The van der Waals surface area contributed by atoms with Crippen LogP contribution in [-0.4, -0.2) is 38.9 Å². The molecule has 6 nitrogen and oxygen atoms in total. The SMILES string of the molecule is COc1ccc(S(=O)(=O)N2CCc3ccccc32)cc1C(=O)N(Cc1cccs1)C1CC1. The highest BCUT2D eigenvalue weighted by Gasteiger charge is 2.36. The zero-order valence-electron chi connectivity index (χ0n) is 17.7. The molecule has 2 aromatic carbocycles. The smallest absolute Gasteiger partial charge is 0.264 e. The van der Waals surface area contributed by atoms with Gasteiger partial charge in [-0.2, -0.15) is 0 Å². The fourth-order valence-corrected chi connectivity index (χ4v) is 6.41. The van der Waals surface area contributed by atoms with Crippen LogP contribution in [0, 0.1) is 0 Å². The molecule has 2 aliphatic rings. The van der Waals surface area contributed by atoms with Crippen LogP contribution in [0.4, 0.5) is 5.69 Å². The first-order valence-electron chi connectivity index (χ1n) is 10.6. The van der Waals surface area contributed by atoms with Crippen molar-refractivity contribution >= 4 is 33.0 Å². The Labute approximate surface area is 192 Å².